The van der Waals surface area contributed by atoms with E-state index in [4.69, 9.17) is 0 Å². The molecule has 6 heteroatoms. The number of rotatable bonds is 3. The molecule has 1 atom stereocenters. The minimum absolute atomic E-state index is 0.124. The highest BCUT2D eigenvalue weighted by Crippen LogP contribution is 2.16. The van der Waals surface area contributed by atoms with E-state index in [0.717, 1.165) is 32.5 Å². The number of carbonyl (C=O) groups is 2. The van der Waals surface area contributed by atoms with Gasteiger partial charge >= 0.3 is 0 Å². The second-order valence-corrected chi connectivity index (χ2v) is 7.49. The molecule has 2 fully saturated rings. The molecule has 2 aliphatic heterocycles. The van der Waals surface area contributed by atoms with Gasteiger partial charge in [-0.3, -0.25) is 14.5 Å². The van der Waals surface area contributed by atoms with Crippen LogP contribution >= 0.6 is 0 Å². The third-order valence-electron chi connectivity index (χ3n) is 5.35. The molecule has 142 valence electrons. The van der Waals surface area contributed by atoms with Gasteiger partial charge in [-0.25, -0.2) is 4.39 Å². The van der Waals surface area contributed by atoms with Gasteiger partial charge in [0.15, 0.2) is 0 Å². The van der Waals surface area contributed by atoms with E-state index in [0.29, 0.717) is 32.1 Å². The van der Waals surface area contributed by atoms with Crippen molar-refractivity contribution in [2.24, 2.45) is 5.92 Å². The first-order valence-electron chi connectivity index (χ1n) is 9.58. The van der Waals surface area contributed by atoms with Crippen LogP contribution in [0.5, 0.6) is 0 Å². The standard InChI is InChI=1S/C20H28FN3O2/c1-16-6-4-10-24(14-16)19(25)15-22-9-5-11-23(13-12-22)20(26)17-7-2-3-8-18(17)21/h2-3,7-8,16H,4-6,9-15H2,1H3. The van der Waals surface area contributed by atoms with Crippen molar-refractivity contribution in [3.63, 3.8) is 0 Å². The molecule has 5 nitrogen and oxygen atoms in total. The first kappa shape index (κ1) is 18.8. The minimum Gasteiger partial charge on any atom is -0.341 e. The van der Waals surface area contributed by atoms with Gasteiger partial charge in [0, 0.05) is 39.3 Å². The quantitative estimate of drug-likeness (QED) is 0.829. The van der Waals surface area contributed by atoms with Gasteiger partial charge in [0.1, 0.15) is 5.82 Å². The monoisotopic (exact) mass is 361 g/mol. The summed E-state index contributed by atoms with van der Waals surface area (Å²) >= 11 is 0. The van der Waals surface area contributed by atoms with Crippen LogP contribution in [0.1, 0.15) is 36.5 Å². The molecular weight excluding hydrogens is 333 g/mol. The smallest absolute Gasteiger partial charge is 0.256 e. The summed E-state index contributed by atoms with van der Waals surface area (Å²) in [4.78, 5) is 30.9. The highest BCUT2D eigenvalue weighted by molar-refractivity contribution is 5.94. The second-order valence-electron chi connectivity index (χ2n) is 7.49. The van der Waals surface area contributed by atoms with Crippen molar-refractivity contribution in [1.82, 2.24) is 14.7 Å². The average Bonchev–Trinajstić information content (AvgIpc) is 2.87. The Morgan fingerprint density at radius 2 is 1.81 bits per heavy atom. The fraction of sp³-hybridized carbons (Fsp3) is 0.600. The van der Waals surface area contributed by atoms with Crippen LogP contribution in [0.4, 0.5) is 4.39 Å². The predicted molar refractivity (Wildman–Crippen MR) is 98.3 cm³/mol. The zero-order valence-corrected chi connectivity index (χ0v) is 15.5. The van der Waals surface area contributed by atoms with Crippen molar-refractivity contribution in [3.05, 3.63) is 35.6 Å². The highest BCUT2D eigenvalue weighted by Gasteiger charge is 2.26. The maximum absolute atomic E-state index is 13.9. The summed E-state index contributed by atoms with van der Waals surface area (Å²) in [5.74, 6) is 0.0188. The van der Waals surface area contributed by atoms with Gasteiger partial charge in [-0.2, -0.15) is 0 Å². The lowest BCUT2D eigenvalue weighted by Gasteiger charge is -2.32. The topological polar surface area (TPSA) is 43.9 Å². The lowest BCUT2D eigenvalue weighted by molar-refractivity contribution is -0.134. The first-order chi connectivity index (χ1) is 12.5. The molecule has 1 aromatic carbocycles. The van der Waals surface area contributed by atoms with Crippen LogP contribution in [0, 0.1) is 11.7 Å². The average molecular weight is 361 g/mol. The molecular formula is C20H28FN3O2. The summed E-state index contributed by atoms with van der Waals surface area (Å²) in [6.45, 7) is 6.87. The summed E-state index contributed by atoms with van der Waals surface area (Å²) < 4.78 is 13.9. The molecule has 0 aliphatic carbocycles. The van der Waals surface area contributed by atoms with Crippen molar-refractivity contribution < 1.29 is 14.0 Å². The molecule has 2 saturated heterocycles. The van der Waals surface area contributed by atoms with Crippen LogP contribution in [0.15, 0.2) is 24.3 Å². The van der Waals surface area contributed by atoms with E-state index in [9.17, 15) is 14.0 Å². The second kappa shape index (κ2) is 8.62. The van der Waals surface area contributed by atoms with Gasteiger partial charge in [-0.05, 0) is 37.3 Å². The van der Waals surface area contributed by atoms with Gasteiger partial charge < -0.3 is 9.80 Å². The number of hydrogen-bond acceptors (Lipinski definition) is 3. The predicted octanol–water partition coefficient (Wildman–Crippen LogP) is 2.23. The fourth-order valence-electron chi connectivity index (χ4n) is 3.84. The first-order valence-corrected chi connectivity index (χ1v) is 9.58. The van der Waals surface area contributed by atoms with Crippen molar-refractivity contribution in [2.45, 2.75) is 26.2 Å². The van der Waals surface area contributed by atoms with Crippen molar-refractivity contribution in [3.8, 4) is 0 Å². The summed E-state index contributed by atoms with van der Waals surface area (Å²) in [6, 6.07) is 6.11. The largest absolute Gasteiger partial charge is 0.341 e. The summed E-state index contributed by atoms with van der Waals surface area (Å²) in [7, 11) is 0. The Hall–Kier alpha value is -1.95. The van der Waals surface area contributed by atoms with E-state index < -0.39 is 5.82 Å². The van der Waals surface area contributed by atoms with Crippen LogP contribution in [-0.2, 0) is 4.79 Å². The normalized spacial score (nSPS) is 22.2. The van der Waals surface area contributed by atoms with Gasteiger partial charge in [0.25, 0.3) is 5.91 Å². The lowest BCUT2D eigenvalue weighted by atomic mass is 10.0. The van der Waals surface area contributed by atoms with Crippen LogP contribution in [-0.4, -0.2) is 72.3 Å². The molecule has 0 radical (unpaired) electrons. The van der Waals surface area contributed by atoms with E-state index in [-0.39, 0.29) is 17.4 Å². The fourth-order valence-corrected chi connectivity index (χ4v) is 3.84. The molecule has 2 heterocycles. The SMILES string of the molecule is CC1CCCN(C(=O)CN2CCCN(C(=O)c3ccccc3F)CC2)C1. The molecule has 2 amide bonds. The zero-order valence-electron chi connectivity index (χ0n) is 15.5. The third kappa shape index (κ3) is 4.61. The Labute approximate surface area is 154 Å². The van der Waals surface area contributed by atoms with Gasteiger partial charge in [-0.1, -0.05) is 19.1 Å². The van der Waals surface area contributed by atoms with Gasteiger partial charge in [0.05, 0.1) is 12.1 Å². The number of carbonyl (C=O) groups excluding carboxylic acids is 2. The molecule has 3 rings (SSSR count). The van der Waals surface area contributed by atoms with E-state index in [1.807, 2.05) is 4.90 Å². The molecule has 0 saturated carbocycles. The molecule has 0 aromatic heterocycles. The van der Waals surface area contributed by atoms with Crippen LogP contribution in [0.3, 0.4) is 0 Å². The maximum Gasteiger partial charge on any atom is 0.256 e. The highest BCUT2D eigenvalue weighted by atomic mass is 19.1. The van der Waals surface area contributed by atoms with Crippen LogP contribution in [0.2, 0.25) is 0 Å². The molecule has 2 aliphatic rings. The number of hydrogen-bond donors (Lipinski definition) is 0. The summed E-state index contributed by atoms with van der Waals surface area (Å²) in [6.07, 6.45) is 3.07. The van der Waals surface area contributed by atoms with E-state index in [1.165, 1.54) is 18.6 Å². The van der Waals surface area contributed by atoms with E-state index in [2.05, 4.69) is 11.8 Å². The Morgan fingerprint density at radius 3 is 2.58 bits per heavy atom. The molecule has 0 bridgehead atoms. The van der Waals surface area contributed by atoms with Crippen LogP contribution in [0.25, 0.3) is 0 Å². The van der Waals surface area contributed by atoms with E-state index >= 15 is 0 Å². The van der Waals surface area contributed by atoms with Crippen LogP contribution < -0.4 is 0 Å². The molecule has 1 aromatic rings. The number of nitrogens with zero attached hydrogens (tertiary/aromatic N) is 3. The number of halogens is 1. The lowest BCUT2D eigenvalue weighted by Crippen LogP contribution is -2.45. The number of amides is 2. The third-order valence-corrected chi connectivity index (χ3v) is 5.35. The summed E-state index contributed by atoms with van der Waals surface area (Å²) in [5.41, 5.74) is 0.124. The molecule has 1 unspecified atom stereocenters. The van der Waals surface area contributed by atoms with Crippen molar-refractivity contribution >= 4 is 11.8 Å². The Morgan fingerprint density at radius 1 is 1.04 bits per heavy atom. The maximum atomic E-state index is 13.9. The van der Waals surface area contributed by atoms with Gasteiger partial charge in [-0.15, -0.1) is 0 Å². The van der Waals surface area contributed by atoms with Crippen molar-refractivity contribution in [1.29, 1.82) is 0 Å². The summed E-state index contributed by atoms with van der Waals surface area (Å²) in [5, 5.41) is 0. The van der Waals surface area contributed by atoms with E-state index in [1.54, 1.807) is 17.0 Å². The number of likely N-dealkylation sites (tertiary alicyclic amines) is 1. The molecule has 0 spiro atoms. The Bertz CT molecular complexity index is 652. The Balaban J connectivity index is 1.54. The molecule has 26 heavy (non-hydrogen) atoms. The Kier molecular flexibility index (Phi) is 6.25. The number of piperidine rings is 1. The number of benzene rings is 1. The molecule has 0 N–H and O–H groups in total. The zero-order chi connectivity index (χ0) is 18.5. The van der Waals surface area contributed by atoms with Crippen molar-refractivity contribution in [2.75, 3.05) is 45.8 Å². The minimum atomic E-state index is -0.479. The van der Waals surface area contributed by atoms with Gasteiger partial charge in [0.2, 0.25) is 5.91 Å².